The van der Waals surface area contributed by atoms with E-state index < -0.39 is 6.04 Å². The van der Waals surface area contributed by atoms with E-state index in [-0.39, 0.29) is 11.9 Å². The molecule has 0 unspecified atom stereocenters. The van der Waals surface area contributed by atoms with Gasteiger partial charge < -0.3 is 25.4 Å². The Morgan fingerprint density at radius 2 is 1.73 bits per heavy atom. The summed E-state index contributed by atoms with van der Waals surface area (Å²) in [6.45, 7) is 4.49. The van der Waals surface area contributed by atoms with Crippen molar-refractivity contribution in [2.45, 2.75) is 32.7 Å². The molecule has 0 bridgehead atoms. The molecule has 1 aliphatic rings. The van der Waals surface area contributed by atoms with Gasteiger partial charge in [0.2, 0.25) is 0 Å². The lowest BCUT2D eigenvalue weighted by atomic mass is 9.94. The molecule has 0 fully saturated rings. The fraction of sp³-hybridized carbons (Fsp3) is 0.304. The molecule has 0 spiro atoms. The van der Waals surface area contributed by atoms with Crippen LogP contribution in [0.5, 0.6) is 11.5 Å². The van der Waals surface area contributed by atoms with E-state index in [4.69, 9.17) is 9.47 Å². The number of hydrogen-bond acceptors (Lipinski definition) is 4. The van der Waals surface area contributed by atoms with Gasteiger partial charge in [0.15, 0.2) is 0 Å². The minimum atomic E-state index is -0.568. The lowest BCUT2D eigenvalue weighted by molar-refractivity contribution is -0.113. The van der Waals surface area contributed by atoms with Gasteiger partial charge in [-0.25, -0.2) is 4.79 Å². The maximum Gasteiger partial charge on any atom is 0.319 e. The summed E-state index contributed by atoms with van der Waals surface area (Å²) in [6, 6.07) is 13.6. The van der Waals surface area contributed by atoms with Crippen LogP contribution in [0.2, 0.25) is 0 Å². The molecule has 3 rings (SSSR count). The maximum absolute atomic E-state index is 13.0. The van der Waals surface area contributed by atoms with Crippen LogP contribution < -0.4 is 25.4 Å². The Kier molecular flexibility index (Phi) is 6.95. The molecule has 3 N–H and O–H groups in total. The van der Waals surface area contributed by atoms with Crippen LogP contribution in [0.4, 0.5) is 10.5 Å². The van der Waals surface area contributed by atoms with Gasteiger partial charge in [-0.05, 0) is 55.3 Å². The van der Waals surface area contributed by atoms with Crippen molar-refractivity contribution in [3.63, 3.8) is 0 Å². The molecule has 1 atom stereocenters. The van der Waals surface area contributed by atoms with Crippen LogP contribution in [0.15, 0.2) is 59.8 Å². The number of ether oxygens (including phenoxy) is 2. The highest BCUT2D eigenvalue weighted by Crippen LogP contribution is 2.29. The number of rotatable bonds is 8. The third-order valence-corrected chi connectivity index (χ3v) is 4.84. The molecule has 2 aromatic carbocycles. The van der Waals surface area contributed by atoms with E-state index in [1.54, 1.807) is 38.3 Å². The number of carbonyl (C=O) groups is 2. The van der Waals surface area contributed by atoms with Crippen molar-refractivity contribution in [1.29, 1.82) is 0 Å². The summed E-state index contributed by atoms with van der Waals surface area (Å²) in [7, 11) is 1.59. The van der Waals surface area contributed by atoms with E-state index >= 15 is 0 Å². The second kappa shape index (κ2) is 9.82. The Labute approximate surface area is 176 Å². The number of unbranched alkanes of at least 4 members (excludes halogenated alkanes) is 1. The van der Waals surface area contributed by atoms with Gasteiger partial charge in [0, 0.05) is 11.4 Å². The van der Waals surface area contributed by atoms with Crippen LogP contribution in [-0.4, -0.2) is 25.7 Å². The third kappa shape index (κ3) is 5.11. The molecule has 0 saturated heterocycles. The first-order chi connectivity index (χ1) is 14.5. The average molecular weight is 409 g/mol. The normalized spacial score (nSPS) is 15.8. The van der Waals surface area contributed by atoms with Crippen LogP contribution in [0.25, 0.3) is 0 Å². The fourth-order valence-electron chi connectivity index (χ4n) is 3.21. The van der Waals surface area contributed by atoms with Crippen molar-refractivity contribution in [2.75, 3.05) is 19.0 Å². The molecule has 7 heteroatoms. The fourth-order valence-corrected chi connectivity index (χ4v) is 3.21. The van der Waals surface area contributed by atoms with Crippen molar-refractivity contribution >= 4 is 17.6 Å². The lowest BCUT2D eigenvalue weighted by Crippen LogP contribution is -2.45. The Hall–Kier alpha value is -3.48. The van der Waals surface area contributed by atoms with Gasteiger partial charge in [-0.2, -0.15) is 0 Å². The number of anilines is 1. The van der Waals surface area contributed by atoms with Crippen LogP contribution in [-0.2, 0) is 4.79 Å². The zero-order valence-electron chi connectivity index (χ0n) is 17.5. The van der Waals surface area contributed by atoms with Crippen molar-refractivity contribution in [2.24, 2.45) is 0 Å². The highest BCUT2D eigenvalue weighted by atomic mass is 16.5. The molecular weight excluding hydrogens is 382 g/mol. The van der Waals surface area contributed by atoms with Crippen molar-refractivity contribution < 1.29 is 19.1 Å². The number of benzene rings is 2. The Bertz CT molecular complexity index is 920. The molecule has 0 aromatic heterocycles. The quantitative estimate of drug-likeness (QED) is 0.572. The van der Waals surface area contributed by atoms with Gasteiger partial charge in [0.05, 0.1) is 25.3 Å². The van der Waals surface area contributed by atoms with E-state index in [0.717, 1.165) is 24.2 Å². The van der Waals surface area contributed by atoms with Gasteiger partial charge in [0.1, 0.15) is 11.5 Å². The number of nitrogens with one attached hydrogen (secondary N) is 3. The number of methoxy groups -OCH3 is 1. The van der Waals surface area contributed by atoms with E-state index in [0.29, 0.717) is 29.3 Å². The predicted octanol–water partition coefficient (Wildman–Crippen LogP) is 4.14. The number of carbonyl (C=O) groups excluding carboxylic acids is 2. The second-order valence-corrected chi connectivity index (χ2v) is 7.02. The van der Waals surface area contributed by atoms with Crippen molar-refractivity contribution in [1.82, 2.24) is 10.6 Å². The minimum Gasteiger partial charge on any atom is -0.497 e. The largest absolute Gasteiger partial charge is 0.497 e. The Balaban J connectivity index is 1.80. The number of hydrogen-bond donors (Lipinski definition) is 3. The Morgan fingerprint density at radius 1 is 1.07 bits per heavy atom. The summed E-state index contributed by atoms with van der Waals surface area (Å²) in [5, 5.41) is 8.41. The molecule has 30 heavy (non-hydrogen) atoms. The molecule has 158 valence electrons. The molecule has 0 radical (unpaired) electrons. The van der Waals surface area contributed by atoms with Crippen molar-refractivity contribution in [3.05, 3.63) is 65.4 Å². The number of allylic oxidation sites excluding steroid dienone is 1. The predicted molar refractivity (Wildman–Crippen MR) is 116 cm³/mol. The zero-order valence-corrected chi connectivity index (χ0v) is 17.5. The standard InChI is InChI=1S/C23H27N3O4/c1-4-5-14-30-19-10-6-16(7-11-19)21-20(15(2)24-23(28)26-21)22(27)25-17-8-12-18(29-3)13-9-17/h6-13,21H,4-5,14H2,1-3H3,(H,25,27)(H2,24,26,28)/t21-/m0/s1. The Morgan fingerprint density at radius 3 is 2.37 bits per heavy atom. The minimum absolute atomic E-state index is 0.293. The molecule has 1 heterocycles. The molecule has 1 aliphatic heterocycles. The van der Waals surface area contributed by atoms with E-state index in [1.807, 2.05) is 24.3 Å². The summed E-state index contributed by atoms with van der Waals surface area (Å²) in [6.07, 6.45) is 2.06. The average Bonchev–Trinajstić information content (AvgIpc) is 2.74. The maximum atomic E-state index is 13.0. The zero-order chi connectivity index (χ0) is 21.5. The van der Waals surface area contributed by atoms with Gasteiger partial charge in [-0.15, -0.1) is 0 Å². The van der Waals surface area contributed by atoms with Crippen LogP contribution >= 0.6 is 0 Å². The monoisotopic (exact) mass is 409 g/mol. The van der Waals surface area contributed by atoms with Crippen LogP contribution in [0.3, 0.4) is 0 Å². The SMILES string of the molecule is CCCCOc1ccc([C@@H]2NC(=O)NC(C)=C2C(=O)Nc2ccc(OC)cc2)cc1. The molecule has 0 aliphatic carbocycles. The summed E-state index contributed by atoms with van der Waals surface area (Å²) in [5.74, 6) is 1.17. The van der Waals surface area contributed by atoms with Crippen molar-refractivity contribution in [3.8, 4) is 11.5 Å². The lowest BCUT2D eigenvalue weighted by Gasteiger charge is -2.28. The molecular formula is C23H27N3O4. The van der Waals surface area contributed by atoms with Gasteiger partial charge in [-0.1, -0.05) is 25.5 Å². The highest BCUT2D eigenvalue weighted by Gasteiger charge is 2.31. The topological polar surface area (TPSA) is 88.7 Å². The first kappa shape index (κ1) is 21.2. The first-order valence-electron chi connectivity index (χ1n) is 9.98. The van der Waals surface area contributed by atoms with Gasteiger partial charge in [0.25, 0.3) is 5.91 Å². The van der Waals surface area contributed by atoms with Gasteiger partial charge >= 0.3 is 6.03 Å². The van der Waals surface area contributed by atoms with E-state index in [2.05, 4.69) is 22.9 Å². The van der Waals surface area contributed by atoms with Crippen LogP contribution in [0, 0.1) is 0 Å². The van der Waals surface area contributed by atoms with E-state index in [1.165, 1.54) is 0 Å². The van der Waals surface area contributed by atoms with Gasteiger partial charge in [-0.3, -0.25) is 4.79 Å². The summed E-state index contributed by atoms with van der Waals surface area (Å²) in [5.41, 5.74) is 2.39. The number of urea groups is 1. The molecule has 0 saturated carbocycles. The number of amides is 3. The smallest absolute Gasteiger partial charge is 0.319 e. The summed E-state index contributed by atoms with van der Waals surface area (Å²) < 4.78 is 10.8. The van der Waals surface area contributed by atoms with Crippen LogP contribution in [0.1, 0.15) is 38.3 Å². The molecule has 7 nitrogen and oxygen atoms in total. The van der Waals surface area contributed by atoms with E-state index in [9.17, 15) is 9.59 Å². The highest BCUT2D eigenvalue weighted by molar-refractivity contribution is 6.06. The summed E-state index contributed by atoms with van der Waals surface area (Å²) in [4.78, 5) is 25.1. The molecule has 3 amide bonds. The third-order valence-electron chi connectivity index (χ3n) is 4.84. The summed E-state index contributed by atoms with van der Waals surface area (Å²) >= 11 is 0. The second-order valence-electron chi connectivity index (χ2n) is 7.02. The first-order valence-corrected chi connectivity index (χ1v) is 9.98. The molecule has 2 aromatic rings.